The average molecular weight is 323 g/mol. The molecule has 0 amide bonds. The van der Waals surface area contributed by atoms with Crippen LogP contribution >= 0.6 is 0 Å². The van der Waals surface area contributed by atoms with Crippen LogP contribution in [0.2, 0.25) is 0 Å². The number of ether oxygens (including phenoxy) is 1. The smallest absolute Gasteiger partial charge is 0.312 e. The molecular weight excluding hydrogens is 298 g/mol. The predicted molar refractivity (Wildman–Crippen MR) is 95.5 cm³/mol. The van der Waals surface area contributed by atoms with Crippen LogP contribution in [0.1, 0.15) is 44.6 Å². The van der Waals surface area contributed by atoms with Crippen molar-refractivity contribution in [3.8, 4) is 11.3 Å². The molecule has 0 saturated heterocycles. The molecule has 1 aromatic carbocycles. The van der Waals surface area contributed by atoms with E-state index in [1.165, 1.54) is 5.56 Å². The van der Waals surface area contributed by atoms with E-state index in [0.717, 1.165) is 49.8 Å². The zero-order chi connectivity index (χ0) is 16.8. The molecule has 126 valence electrons. The Bertz CT molecular complexity index is 660. The van der Waals surface area contributed by atoms with Gasteiger partial charge >= 0.3 is 5.97 Å². The highest BCUT2D eigenvalue weighted by Crippen LogP contribution is 2.46. The molecule has 0 unspecified atom stereocenters. The highest BCUT2D eigenvalue weighted by Gasteiger charge is 2.44. The van der Waals surface area contributed by atoms with Crippen molar-refractivity contribution >= 4 is 5.97 Å². The lowest BCUT2D eigenvalue weighted by atomic mass is 9.66. The summed E-state index contributed by atoms with van der Waals surface area (Å²) < 4.78 is 5.27. The summed E-state index contributed by atoms with van der Waals surface area (Å²) in [5.74, 6) is 0.0155. The van der Waals surface area contributed by atoms with Gasteiger partial charge in [-0.25, -0.2) is 0 Å². The number of rotatable bonds is 7. The fourth-order valence-electron chi connectivity index (χ4n) is 3.45. The first kappa shape index (κ1) is 16.7. The lowest BCUT2D eigenvalue weighted by molar-refractivity contribution is -0.161. The van der Waals surface area contributed by atoms with Crippen molar-refractivity contribution in [2.45, 2.75) is 45.4 Å². The topological polar surface area (TPSA) is 39.2 Å². The van der Waals surface area contributed by atoms with E-state index >= 15 is 0 Å². The minimum Gasteiger partial charge on any atom is -0.466 e. The second-order valence-electron chi connectivity index (χ2n) is 6.62. The molecule has 2 aromatic rings. The lowest BCUT2D eigenvalue weighted by Crippen LogP contribution is -2.39. The van der Waals surface area contributed by atoms with E-state index in [0.29, 0.717) is 6.61 Å². The van der Waals surface area contributed by atoms with Crippen LogP contribution in [0.5, 0.6) is 0 Å². The van der Waals surface area contributed by atoms with Crippen LogP contribution in [0.25, 0.3) is 11.3 Å². The summed E-state index contributed by atoms with van der Waals surface area (Å²) in [4.78, 5) is 16.5. The molecule has 1 aliphatic carbocycles. The zero-order valence-corrected chi connectivity index (χ0v) is 14.3. The predicted octanol–water partition coefficient (Wildman–Crippen LogP) is 4.80. The highest BCUT2D eigenvalue weighted by molar-refractivity contribution is 5.77. The Hall–Kier alpha value is -2.16. The van der Waals surface area contributed by atoms with Crippen LogP contribution in [0.15, 0.2) is 48.7 Å². The van der Waals surface area contributed by atoms with Gasteiger partial charge in [0.05, 0.1) is 17.7 Å². The molecule has 0 atom stereocenters. The maximum atomic E-state index is 12.2. The summed E-state index contributed by atoms with van der Waals surface area (Å²) in [6, 6.07) is 14.5. The van der Waals surface area contributed by atoms with Gasteiger partial charge in [0.1, 0.15) is 0 Å². The summed E-state index contributed by atoms with van der Waals surface area (Å²) in [7, 11) is 0. The van der Waals surface area contributed by atoms with E-state index in [2.05, 4.69) is 29.2 Å². The van der Waals surface area contributed by atoms with Crippen molar-refractivity contribution in [2.24, 2.45) is 5.41 Å². The molecule has 1 heterocycles. The molecule has 0 radical (unpaired) electrons. The molecule has 1 fully saturated rings. The number of pyridine rings is 1. The molecule has 1 saturated carbocycles. The van der Waals surface area contributed by atoms with Crippen molar-refractivity contribution in [1.29, 1.82) is 0 Å². The van der Waals surface area contributed by atoms with Crippen molar-refractivity contribution in [3.05, 3.63) is 54.2 Å². The molecule has 3 nitrogen and oxygen atoms in total. The fraction of sp³-hybridized carbons (Fsp3) is 0.429. The van der Waals surface area contributed by atoms with Crippen molar-refractivity contribution < 1.29 is 9.53 Å². The second-order valence-corrected chi connectivity index (χ2v) is 6.62. The average Bonchev–Trinajstić information content (AvgIpc) is 2.59. The molecule has 0 spiro atoms. The SMILES string of the molecule is CCOC(=O)C1(CCCc2ccc(-c3ccccn3)cc2)CCC1. The highest BCUT2D eigenvalue weighted by atomic mass is 16.5. The van der Waals surface area contributed by atoms with Crippen LogP contribution in [-0.2, 0) is 16.0 Å². The van der Waals surface area contributed by atoms with Crippen LogP contribution in [-0.4, -0.2) is 17.6 Å². The van der Waals surface area contributed by atoms with Gasteiger partial charge in [-0.1, -0.05) is 36.8 Å². The van der Waals surface area contributed by atoms with Gasteiger partial charge < -0.3 is 4.74 Å². The van der Waals surface area contributed by atoms with E-state index < -0.39 is 0 Å². The Labute approximate surface area is 144 Å². The third-order valence-corrected chi connectivity index (χ3v) is 5.05. The number of benzene rings is 1. The third-order valence-electron chi connectivity index (χ3n) is 5.05. The molecule has 1 aliphatic rings. The number of aryl methyl sites for hydroxylation is 1. The van der Waals surface area contributed by atoms with E-state index in [1.807, 2.05) is 31.3 Å². The van der Waals surface area contributed by atoms with Crippen LogP contribution < -0.4 is 0 Å². The number of aromatic nitrogens is 1. The van der Waals surface area contributed by atoms with E-state index in [-0.39, 0.29) is 11.4 Å². The summed E-state index contributed by atoms with van der Waals surface area (Å²) in [5.41, 5.74) is 3.26. The minimum absolute atomic E-state index is 0.0155. The Morgan fingerprint density at radius 1 is 1.17 bits per heavy atom. The molecule has 24 heavy (non-hydrogen) atoms. The van der Waals surface area contributed by atoms with Gasteiger partial charge in [-0.3, -0.25) is 9.78 Å². The largest absolute Gasteiger partial charge is 0.466 e. The number of hydrogen-bond donors (Lipinski definition) is 0. The van der Waals surface area contributed by atoms with Gasteiger partial charge in [0.15, 0.2) is 0 Å². The summed E-state index contributed by atoms with van der Waals surface area (Å²) in [5, 5.41) is 0. The van der Waals surface area contributed by atoms with E-state index in [4.69, 9.17) is 4.74 Å². The Kier molecular flexibility index (Phi) is 5.29. The standard InChI is InChI=1S/C21H25NO2/c1-2-24-20(23)21(14-6-15-21)13-5-7-17-9-11-18(12-10-17)19-8-3-4-16-22-19/h3-4,8-12,16H,2,5-7,13-15H2,1H3. The Morgan fingerprint density at radius 3 is 2.54 bits per heavy atom. The van der Waals surface area contributed by atoms with E-state index in [9.17, 15) is 4.79 Å². The van der Waals surface area contributed by atoms with Crippen LogP contribution in [0, 0.1) is 5.41 Å². The molecular formula is C21H25NO2. The first-order valence-electron chi connectivity index (χ1n) is 8.91. The summed E-state index contributed by atoms with van der Waals surface area (Å²) in [6.07, 6.45) is 7.92. The summed E-state index contributed by atoms with van der Waals surface area (Å²) in [6.45, 7) is 2.36. The summed E-state index contributed by atoms with van der Waals surface area (Å²) >= 11 is 0. The number of carbonyl (C=O) groups excluding carboxylic acids is 1. The first-order valence-corrected chi connectivity index (χ1v) is 8.91. The van der Waals surface area contributed by atoms with E-state index in [1.54, 1.807) is 0 Å². The van der Waals surface area contributed by atoms with Crippen molar-refractivity contribution in [2.75, 3.05) is 6.61 Å². The Balaban J connectivity index is 1.54. The number of hydrogen-bond acceptors (Lipinski definition) is 3. The molecule has 0 aliphatic heterocycles. The normalized spacial score (nSPS) is 15.5. The zero-order valence-electron chi connectivity index (χ0n) is 14.3. The van der Waals surface area contributed by atoms with Gasteiger partial charge in [0, 0.05) is 11.8 Å². The Morgan fingerprint density at radius 2 is 1.96 bits per heavy atom. The van der Waals surface area contributed by atoms with Crippen LogP contribution in [0.3, 0.4) is 0 Å². The van der Waals surface area contributed by atoms with Crippen molar-refractivity contribution in [1.82, 2.24) is 4.98 Å². The molecule has 3 rings (SSSR count). The number of carbonyl (C=O) groups is 1. The monoisotopic (exact) mass is 323 g/mol. The van der Waals surface area contributed by atoms with Gasteiger partial charge in [-0.15, -0.1) is 0 Å². The minimum atomic E-state index is -0.191. The molecule has 1 aromatic heterocycles. The van der Waals surface area contributed by atoms with Gasteiger partial charge in [0.2, 0.25) is 0 Å². The maximum Gasteiger partial charge on any atom is 0.312 e. The fourth-order valence-corrected chi connectivity index (χ4v) is 3.45. The quantitative estimate of drug-likeness (QED) is 0.687. The number of esters is 1. The van der Waals surface area contributed by atoms with Gasteiger partial charge in [-0.05, 0) is 56.7 Å². The lowest BCUT2D eigenvalue weighted by Gasteiger charge is -2.39. The molecule has 0 bridgehead atoms. The third kappa shape index (κ3) is 3.66. The van der Waals surface area contributed by atoms with Gasteiger partial charge in [-0.2, -0.15) is 0 Å². The van der Waals surface area contributed by atoms with Crippen molar-refractivity contribution in [3.63, 3.8) is 0 Å². The number of nitrogens with zero attached hydrogens (tertiary/aromatic N) is 1. The first-order chi connectivity index (χ1) is 11.7. The van der Waals surface area contributed by atoms with Gasteiger partial charge in [0.25, 0.3) is 0 Å². The molecule has 0 N–H and O–H groups in total. The second kappa shape index (κ2) is 7.61. The van der Waals surface area contributed by atoms with Crippen LogP contribution in [0.4, 0.5) is 0 Å². The molecule has 3 heteroatoms. The maximum absolute atomic E-state index is 12.2.